The molecule has 6 heteroatoms. The van der Waals surface area contributed by atoms with Crippen LogP contribution in [0.15, 0.2) is 30.7 Å². The molecule has 80 valence electrons. The fourth-order valence-electron chi connectivity index (χ4n) is 1.16. The first kappa shape index (κ1) is 10.5. The van der Waals surface area contributed by atoms with Crippen LogP contribution in [0.4, 0.5) is 0 Å². The number of carboxylic acid groups (broad SMARTS) is 1. The van der Waals surface area contributed by atoms with Gasteiger partial charge in [0.05, 0.1) is 5.69 Å². The van der Waals surface area contributed by atoms with Crippen molar-refractivity contribution in [1.82, 2.24) is 15.0 Å². The van der Waals surface area contributed by atoms with Gasteiger partial charge in [-0.3, -0.25) is 0 Å². The molecule has 5 nitrogen and oxygen atoms in total. The predicted molar refractivity (Wildman–Crippen MR) is 57.2 cm³/mol. The lowest BCUT2D eigenvalue weighted by molar-refractivity contribution is 0.0690. The maximum atomic E-state index is 10.7. The molecule has 2 rings (SSSR count). The van der Waals surface area contributed by atoms with Crippen molar-refractivity contribution in [3.63, 3.8) is 0 Å². The van der Waals surface area contributed by atoms with Crippen LogP contribution in [0.2, 0.25) is 5.15 Å². The van der Waals surface area contributed by atoms with Crippen LogP contribution >= 0.6 is 11.6 Å². The maximum Gasteiger partial charge on any atom is 0.354 e. The molecule has 2 heterocycles. The Morgan fingerprint density at radius 1 is 1.25 bits per heavy atom. The molecule has 0 aliphatic heterocycles. The zero-order valence-corrected chi connectivity index (χ0v) is 8.72. The molecular formula is C10H6ClN3O2. The number of carbonyl (C=O) groups is 1. The molecule has 0 aliphatic carbocycles. The Bertz CT molecular complexity index is 528. The van der Waals surface area contributed by atoms with E-state index in [0.29, 0.717) is 16.4 Å². The minimum absolute atomic E-state index is 0.0556. The molecule has 16 heavy (non-hydrogen) atoms. The first-order chi connectivity index (χ1) is 7.66. The van der Waals surface area contributed by atoms with E-state index in [9.17, 15) is 4.79 Å². The third kappa shape index (κ3) is 2.14. The van der Waals surface area contributed by atoms with Gasteiger partial charge in [-0.1, -0.05) is 11.6 Å². The summed E-state index contributed by atoms with van der Waals surface area (Å²) in [6.07, 6.45) is 2.73. The molecular weight excluding hydrogens is 230 g/mol. The third-order valence-electron chi connectivity index (χ3n) is 1.91. The highest BCUT2D eigenvalue weighted by Gasteiger charge is 2.07. The summed E-state index contributed by atoms with van der Waals surface area (Å²) in [7, 11) is 0. The van der Waals surface area contributed by atoms with Crippen molar-refractivity contribution in [2.45, 2.75) is 0 Å². The molecule has 0 saturated heterocycles. The van der Waals surface area contributed by atoms with Crippen molar-refractivity contribution in [3.8, 4) is 11.3 Å². The second-order valence-corrected chi connectivity index (χ2v) is 3.35. The Morgan fingerprint density at radius 3 is 2.69 bits per heavy atom. The molecule has 0 saturated carbocycles. The summed E-state index contributed by atoms with van der Waals surface area (Å²) in [6.45, 7) is 0. The largest absolute Gasteiger partial charge is 0.477 e. The smallest absolute Gasteiger partial charge is 0.354 e. The number of rotatable bonds is 2. The summed E-state index contributed by atoms with van der Waals surface area (Å²) in [6, 6.07) is 4.70. The van der Waals surface area contributed by atoms with E-state index in [1.165, 1.54) is 18.6 Å². The number of carboxylic acids is 1. The van der Waals surface area contributed by atoms with Crippen LogP contribution in [-0.2, 0) is 0 Å². The molecule has 0 atom stereocenters. The van der Waals surface area contributed by atoms with E-state index in [0.717, 1.165) is 0 Å². The molecule has 0 unspecified atom stereocenters. The second-order valence-electron chi connectivity index (χ2n) is 2.96. The van der Waals surface area contributed by atoms with Gasteiger partial charge in [-0.2, -0.15) is 0 Å². The van der Waals surface area contributed by atoms with Crippen molar-refractivity contribution in [2.24, 2.45) is 0 Å². The molecule has 1 N–H and O–H groups in total. The molecule has 0 radical (unpaired) electrons. The van der Waals surface area contributed by atoms with E-state index in [-0.39, 0.29) is 5.69 Å². The molecule has 0 fully saturated rings. The van der Waals surface area contributed by atoms with Crippen LogP contribution in [0, 0.1) is 0 Å². The topological polar surface area (TPSA) is 76.0 Å². The Kier molecular flexibility index (Phi) is 2.78. The van der Waals surface area contributed by atoms with Crippen LogP contribution in [0.1, 0.15) is 10.5 Å². The van der Waals surface area contributed by atoms with Gasteiger partial charge in [-0.05, 0) is 18.2 Å². The zero-order valence-electron chi connectivity index (χ0n) is 7.96. The lowest BCUT2D eigenvalue weighted by atomic mass is 10.2. The Hall–Kier alpha value is -2.01. The monoisotopic (exact) mass is 235 g/mol. The minimum Gasteiger partial charge on any atom is -0.477 e. The number of aromatic nitrogens is 3. The fraction of sp³-hybridized carbons (Fsp3) is 0. The second kappa shape index (κ2) is 4.24. The van der Waals surface area contributed by atoms with Crippen LogP contribution in [0.5, 0.6) is 0 Å². The number of aromatic carboxylic acids is 1. The Labute approximate surface area is 95.8 Å². The Morgan fingerprint density at radius 2 is 2.06 bits per heavy atom. The van der Waals surface area contributed by atoms with Gasteiger partial charge >= 0.3 is 5.97 Å². The summed E-state index contributed by atoms with van der Waals surface area (Å²) in [4.78, 5) is 22.2. The van der Waals surface area contributed by atoms with Gasteiger partial charge in [0.25, 0.3) is 0 Å². The Balaban J connectivity index is 2.44. The lowest BCUT2D eigenvalue weighted by Gasteiger charge is -2.00. The average Bonchev–Trinajstić information content (AvgIpc) is 2.30. The molecule has 0 aliphatic rings. The van der Waals surface area contributed by atoms with Crippen LogP contribution in [-0.4, -0.2) is 26.0 Å². The third-order valence-corrected chi connectivity index (χ3v) is 2.13. The van der Waals surface area contributed by atoms with Crippen LogP contribution in [0.3, 0.4) is 0 Å². The van der Waals surface area contributed by atoms with Crippen molar-refractivity contribution < 1.29 is 9.90 Å². The number of nitrogens with zero attached hydrogens (tertiary/aromatic N) is 3. The number of hydrogen-bond acceptors (Lipinski definition) is 4. The average molecular weight is 236 g/mol. The summed E-state index contributed by atoms with van der Waals surface area (Å²) < 4.78 is 0. The fourth-order valence-corrected chi connectivity index (χ4v) is 1.27. The van der Waals surface area contributed by atoms with Gasteiger partial charge in [0.2, 0.25) is 0 Å². The highest BCUT2D eigenvalue weighted by atomic mass is 35.5. The standard InChI is InChI=1S/C10H6ClN3O2/c11-9-2-1-6(4-12-9)7-3-8(10(15)16)14-5-13-7/h1-5H,(H,15,16). The quantitative estimate of drug-likeness (QED) is 0.805. The summed E-state index contributed by atoms with van der Waals surface area (Å²) in [5, 5.41) is 9.14. The van der Waals surface area contributed by atoms with Gasteiger partial charge in [0.15, 0.2) is 5.69 Å². The van der Waals surface area contributed by atoms with Gasteiger partial charge in [0, 0.05) is 11.8 Å². The van der Waals surface area contributed by atoms with Crippen molar-refractivity contribution in [3.05, 3.63) is 41.6 Å². The number of halogens is 1. The van der Waals surface area contributed by atoms with E-state index >= 15 is 0 Å². The van der Waals surface area contributed by atoms with E-state index in [1.54, 1.807) is 12.1 Å². The number of hydrogen-bond donors (Lipinski definition) is 1. The van der Waals surface area contributed by atoms with E-state index < -0.39 is 5.97 Å². The normalized spacial score (nSPS) is 10.1. The molecule has 2 aromatic heterocycles. The summed E-state index contributed by atoms with van der Waals surface area (Å²) in [5.74, 6) is -1.09. The van der Waals surface area contributed by atoms with E-state index in [1.807, 2.05) is 0 Å². The molecule has 0 aromatic carbocycles. The molecule has 0 spiro atoms. The zero-order chi connectivity index (χ0) is 11.5. The van der Waals surface area contributed by atoms with Gasteiger partial charge in [-0.15, -0.1) is 0 Å². The van der Waals surface area contributed by atoms with Crippen molar-refractivity contribution in [1.29, 1.82) is 0 Å². The van der Waals surface area contributed by atoms with Crippen LogP contribution < -0.4 is 0 Å². The molecule has 0 amide bonds. The highest BCUT2D eigenvalue weighted by molar-refractivity contribution is 6.29. The highest BCUT2D eigenvalue weighted by Crippen LogP contribution is 2.17. The summed E-state index contributed by atoms with van der Waals surface area (Å²) in [5.41, 5.74) is 1.13. The maximum absolute atomic E-state index is 10.7. The first-order valence-electron chi connectivity index (χ1n) is 4.34. The minimum atomic E-state index is -1.09. The van der Waals surface area contributed by atoms with Crippen LogP contribution in [0.25, 0.3) is 11.3 Å². The first-order valence-corrected chi connectivity index (χ1v) is 4.72. The van der Waals surface area contributed by atoms with E-state index in [2.05, 4.69) is 15.0 Å². The molecule has 2 aromatic rings. The van der Waals surface area contributed by atoms with Gasteiger partial charge in [0.1, 0.15) is 11.5 Å². The lowest BCUT2D eigenvalue weighted by Crippen LogP contribution is -2.01. The molecule has 0 bridgehead atoms. The van der Waals surface area contributed by atoms with Gasteiger partial charge < -0.3 is 5.11 Å². The number of pyridine rings is 1. The van der Waals surface area contributed by atoms with Crippen molar-refractivity contribution in [2.75, 3.05) is 0 Å². The SMILES string of the molecule is O=C(O)c1cc(-c2ccc(Cl)nc2)ncn1. The van der Waals surface area contributed by atoms with Crippen molar-refractivity contribution >= 4 is 17.6 Å². The summed E-state index contributed by atoms with van der Waals surface area (Å²) >= 11 is 5.64. The predicted octanol–water partition coefficient (Wildman–Crippen LogP) is 1.89. The van der Waals surface area contributed by atoms with E-state index in [4.69, 9.17) is 16.7 Å². The van der Waals surface area contributed by atoms with Gasteiger partial charge in [-0.25, -0.2) is 19.7 Å².